The zero-order valence-corrected chi connectivity index (χ0v) is 21.7. The van der Waals surface area contributed by atoms with E-state index in [-0.39, 0.29) is 5.96 Å². The fourth-order valence-corrected chi connectivity index (χ4v) is 4.53. The Balaban J connectivity index is 1.98. The predicted molar refractivity (Wildman–Crippen MR) is 155 cm³/mol. The maximum absolute atomic E-state index is 9.23. The smallest absolute Gasteiger partial charge is 0.229 e. The largest absolute Gasteiger partial charge is 0.362 e. The number of nitrogens with zero attached hydrogens (tertiary/aromatic N) is 4. The normalized spacial score (nSPS) is 12.2. The molecule has 1 aromatic heterocycles. The summed E-state index contributed by atoms with van der Waals surface area (Å²) >= 11 is 0. The fraction of sp³-hybridized carbons (Fsp3) is 0.161. The third kappa shape index (κ3) is 4.60. The first-order valence-corrected chi connectivity index (χ1v) is 12.0. The minimum Gasteiger partial charge on any atom is -0.362 e. The van der Waals surface area contributed by atoms with Gasteiger partial charge in [0.2, 0.25) is 5.96 Å². The van der Waals surface area contributed by atoms with Crippen LogP contribution in [0.4, 0.5) is 5.69 Å². The van der Waals surface area contributed by atoms with Gasteiger partial charge in [-0.2, -0.15) is 4.99 Å². The van der Waals surface area contributed by atoms with E-state index in [0.717, 1.165) is 33.2 Å². The van der Waals surface area contributed by atoms with Gasteiger partial charge >= 0.3 is 0 Å². The summed E-state index contributed by atoms with van der Waals surface area (Å²) in [6.45, 7) is 8.40. The molecule has 0 atom stereocenters. The number of aliphatic imine (C=N–C) groups is 1. The molecule has 0 radical (unpaired) electrons. The van der Waals surface area contributed by atoms with Crippen molar-refractivity contribution in [2.75, 3.05) is 19.0 Å². The van der Waals surface area contributed by atoms with Crippen LogP contribution in [0.3, 0.4) is 0 Å². The minimum absolute atomic E-state index is 0.0959. The van der Waals surface area contributed by atoms with Gasteiger partial charge in [-0.15, -0.1) is 0 Å². The van der Waals surface area contributed by atoms with Gasteiger partial charge in [0.15, 0.2) is 0 Å². The maximum atomic E-state index is 9.23. The van der Waals surface area contributed by atoms with E-state index in [4.69, 9.17) is 4.99 Å². The highest BCUT2D eigenvalue weighted by atomic mass is 15.3. The molecule has 4 rings (SSSR count). The number of nitrogens with one attached hydrogen (secondary N) is 1. The van der Waals surface area contributed by atoms with Crippen molar-refractivity contribution in [2.45, 2.75) is 13.8 Å². The van der Waals surface area contributed by atoms with E-state index < -0.39 is 0 Å². The SMILES string of the molecule is C=C(/C=C\C=C/C)N(C(=N)/N=C(/c1ccccc1)N(C)C)c1c(C)ccc2c3ccccc3n(C)c12. The summed E-state index contributed by atoms with van der Waals surface area (Å²) in [6.07, 6.45) is 7.78. The van der Waals surface area contributed by atoms with Crippen LogP contribution in [0.15, 0.2) is 108 Å². The van der Waals surface area contributed by atoms with E-state index >= 15 is 0 Å². The summed E-state index contributed by atoms with van der Waals surface area (Å²) in [5, 5.41) is 11.5. The predicted octanol–water partition coefficient (Wildman–Crippen LogP) is 7.04. The standard InChI is InChI=1S/C31H33N5/c1-7-8-10-15-23(3)36(31(32)33-30(34(4)5)24-16-11-9-12-17-24)28-22(2)20-21-26-25-18-13-14-19-27(25)35(6)29(26)28/h7-21,32H,3H2,1-2,4-6H3/b8-7-,15-10-,32-31?,33-30-. The van der Waals surface area contributed by atoms with E-state index in [1.54, 1.807) is 0 Å². The van der Waals surface area contributed by atoms with Crippen LogP contribution >= 0.6 is 0 Å². The Morgan fingerprint density at radius 2 is 1.64 bits per heavy atom. The van der Waals surface area contributed by atoms with Crippen molar-refractivity contribution in [1.82, 2.24) is 9.47 Å². The summed E-state index contributed by atoms with van der Waals surface area (Å²) in [5.41, 5.74) is 5.74. The molecule has 1 N–H and O–H groups in total. The van der Waals surface area contributed by atoms with Crippen molar-refractivity contribution in [1.29, 1.82) is 5.41 Å². The molecule has 0 saturated carbocycles. The van der Waals surface area contributed by atoms with E-state index in [1.165, 1.54) is 5.39 Å². The van der Waals surface area contributed by atoms with Crippen LogP contribution in [0.1, 0.15) is 18.1 Å². The van der Waals surface area contributed by atoms with Crippen LogP contribution < -0.4 is 4.90 Å². The average molecular weight is 476 g/mol. The van der Waals surface area contributed by atoms with Crippen LogP contribution in [0, 0.1) is 12.3 Å². The van der Waals surface area contributed by atoms with Gasteiger partial charge in [-0.25, -0.2) is 0 Å². The second kappa shape index (κ2) is 10.5. The molecule has 0 saturated heterocycles. The van der Waals surface area contributed by atoms with Gasteiger partial charge in [0.25, 0.3) is 0 Å². The van der Waals surface area contributed by atoms with Gasteiger partial charge in [-0.1, -0.05) is 85.5 Å². The van der Waals surface area contributed by atoms with Crippen molar-refractivity contribution in [2.24, 2.45) is 12.0 Å². The molecule has 5 heteroatoms. The highest BCUT2D eigenvalue weighted by Gasteiger charge is 2.23. The highest BCUT2D eigenvalue weighted by Crippen LogP contribution is 2.38. The molecule has 0 spiro atoms. The molecule has 0 bridgehead atoms. The molecule has 3 aromatic carbocycles. The molecule has 5 nitrogen and oxygen atoms in total. The third-order valence-corrected chi connectivity index (χ3v) is 6.23. The summed E-state index contributed by atoms with van der Waals surface area (Å²) < 4.78 is 2.20. The second-order valence-corrected chi connectivity index (χ2v) is 8.93. The Hall–Kier alpha value is -4.38. The molecule has 36 heavy (non-hydrogen) atoms. The number of aromatic nitrogens is 1. The number of benzene rings is 3. The first-order valence-electron chi connectivity index (χ1n) is 12.0. The Morgan fingerprint density at radius 1 is 0.944 bits per heavy atom. The number of para-hydroxylation sites is 1. The molecular formula is C31H33N5. The zero-order chi connectivity index (χ0) is 25.8. The van der Waals surface area contributed by atoms with Gasteiger partial charge in [-0.05, 0) is 31.6 Å². The van der Waals surface area contributed by atoms with Gasteiger partial charge in [0.1, 0.15) is 5.84 Å². The molecule has 0 amide bonds. The van der Waals surface area contributed by atoms with Crippen molar-refractivity contribution in [3.63, 3.8) is 0 Å². The quantitative estimate of drug-likeness (QED) is 0.191. The molecule has 4 aromatic rings. The van der Waals surface area contributed by atoms with Crippen molar-refractivity contribution >= 4 is 39.3 Å². The number of rotatable bonds is 5. The van der Waals surface area contributed by atoms with E-state index in [2.05, 4.69) is 61.5 Å². The molecule has 0 fully saturated rings. The van der Waals surface area contributed by atoms with Crippen molar-refractivity contribution in [3.05, 3.63) is 114 Å². The number of hydrogen-bond donors (Lipinski definition) is 1. The monoisotopic (exact) mass is 475 g/mol. The van der Waals surface area contributed by atoms with Crippen LogP contribution in [0.2, 0.25) is 0 Å². The van der Waals surface area contributed by atoms with Crippen molar-refractivity contribution < 1.29 is 0 Å². The van der Waals surface area contributed by atoms with E-state index in [9.17, 15) is 5.41 Å². The lowest BCUT2D eigenvalue weighted by Gasteiger charge is -2.27. The molecule has 182 valence electrons. The first kappa shape index (κ1) is 24.7. The molecule has 1 heterocycles. The lowest BCUT2D eigenvalue weighted by molar-refractivity contribution is 0.624. The topological polar surface area (TPSA) is 47.6 Å². The number of aryl methyl sites for hydroxylation is 2. The van der Waals surface area contributed by atoms with Gasteiger partial charge in [-0.3, -0.25) is 10.3 Å². The van der Waals surface area contributed by atoms with Gasteiger partial charge in [0, 0.05) is 48.7 Å². The van der Waals surface area contributed by atoms with Crippen LogP contribution in [0.25, 0.3) is 21.8 Å². The first-order chi connectivity index (χ1) is 17.3. The lowest BCUT2D eigenvalue weighted by Crippen LogP contribution is -2.32. The van der Waals surface area contributed by atoms with Gasteiger partial charge in [0.05, 0.1) is 11.2 Å². The number of fused-ring (bicyclic) bond motifs is 3. The number of hydrogen-bond acceptors (Lipinski definition) is 1. The molecule has 0 unspecified atom stereocenters. The average Bonchev–Trinajstić information content (AvgIpc) is 3.16. The Bertz CT molecular complexity index is 1520. The summed E-state index contributed by atoms with van der Waals surface area (Å²) in [6, 6.07) is 22.6. The number of anilines is 1. The summed E-state index contributed by atoms with van der Waals surface area (Å²) in [5.74, 6) is 0.802. The fourth-order valence-electron chi connectivity index (χ4n) is 4.53. The van der Waals surface area contributed by atoms with E-state index in [0.29, 0.717) is 11.5 Å². The molecule has 0 aliphatic carbocycles. The van der Waals surface area contributed by atoms with E-state index in [1.807, 2.05) is 85.5 Å². The lowest BCUT2D eigenvalue weighted by atomic mass is 10.1. The summed E-state index contributed by atoms with van der Waals surface area (Å²) in [7, 11) is 5.96. The third-order valence-electron chi connectivity index (χ3n) is 6.23. The van der Waals surface area contributed by atoms with Crippen molar-refractivity contribution in [3.8, 4) is 0 Å². The molecular weight excluding hydrogens is 442 g/mol. The molecule has 0 aliphatic rings. The van der Waals surface area contributed by atoms with Crippen LogP contribution in [-0.4, -0.2) is 35.4 Å². The maximum Gasteiger partial charge on any atom is 0.229 e. The minimum atomic E-state index is 0.0959. The van der Waals surface area contributed by atoms with Crippen LogP contribution in [0.5, 0.6) is 0 Å². The Kier molecular flexibility index (Phi) is 7.20. The number of guanidine groups is 1. The zero-order valence-electron chi connectivity index (χ0n) is 21.7. The highest BCUT2D eigenvalue weighted by molar-refractivity contribution is 6.17. The number of allylic oxidation sites excluding steroid dienone is 4. The number of amidine groups is 1. The summed E-state index contributed by atoms with van der Waals surface area (Å²) in [4.78, 5) is 8.62. The Labute approximate surface area is 213 Å². The van der Waals surface area contributed by atoms with Crippen LogP contribution in [-0.2, 0) is 7.05 Å². The molecule has 0 aliphatic heterocycles. The Morgan fingerprint density at radius 3 is 2.33 bits per heavy atom. The second-order valence-electron chi connectivity index (χ2n) is 8.93. The van der Waals surface area contributed by atoms with Gasteiger partial charge < -0.3 is 9.47 Å².